The molecule has 8 heteroatoms. The highest BCUT2D eigenvalue weighted by Crippen LogP contribution is 2.31. The van der Waals surface area contributed by atoms with Gasteiger partial charge in [-0.3, -0.25) is 0 Å². The van der Waals surface area contributed by atoms with Crippen molar-refractivity contribution in [2.24, 2.45) is 0 Å². The van der Waals surface area contributed by atoms with Crippen molar-refractivity contribution in [3.63, 3.8) is 0 Å². The third-order valence-corrected chi connectivity index (χ3v) is 4.47. The lowest BCUT2D eigenvalue weighted by molar-refractivity contribution is 0.0697. The molecule has 0 aliphatic carbocycles. The second-order valence-corrected chi connectivity index (χ2v) is 6.28. The number of rotatable bonds is 4. The summed E-state index contributed by atoms with van der Waals surface area (Å²) >= 11 is 11.5. The normalized spacial score (nSPS) is 11.8. The van der Waals surface area contributed by atoms with Gasteiger partial charge in [-0.15, -0.1) is 0 Å². The average Bonchev–Trinajstić information content (AvgIpc) is 2.13. The molecule has 0 radical (unpaired) electrons. The number of halogens is 2. The van der Waals surface area contributed by atoms with E-state index in [0.717, 1.165) is 0 Å². The molecule has 100 valence electrons. The van der Waals surface area contributed by atoms with Gasteiger partial charge in [-0.05, 0) is 26.0 Å². The van der Waals surface area contributed by atoms with Gasteiger partial charge in [0.1, 0.15) is 4.90 Å². The standard InChI is InChI=1S/C10H11Cl2NO4S/c1-5(2)13-18(16,17)7-4-3-6(11)8(9(7)12)10(14)15/h3-5,13H,1-2H3,(H,14,15). The molecule has 0 aliphatic rings. The molecule has 0 bridgehead atoms. The molecular weight excluding hydrogens is 301 g/mol. The molecule has 0 saturated heterocycles. The Morgan fingerprint density at radius 3 is 2.33 bits per heavy atom. The Morgan fingerprint density at radius 2 is 1.89 bits per heavy atom. The minimum Gasteiger partial charge on any atom is -0.478 e. The minimum absolute atomic E-state index is 0.115. The fraction of sp³-hybridized carbons (Fsp3) is 0.300. The van der Waals surface area contributed by atoms with Crippen molar-refractivity contribution in [3.8, 4) is 0 Å². The van der Waals surface area contributed by atoms with Crippen molar-refractivity contribution in [1.29, 1.82) is 0 Å². The van der Waals surface area contributed by atoms with Crippen LogP contribution >= 0.6 is 23.2 Å². The third kappa shape index (κ3) is 3.14. The summed E-state index contributed by atoms with van der Waals surface area (Å²) in [7, 11) is -3.87. The molecule has 0 atom stereocenters. The lowest BCUT2D eigenvalue weighted by Crippen LogP contribution is -2.30. The molecule has 0 spiro atoms. The molecule has 2 N–H and O–H groups in total. The second-order valence-electron chi connectivity index (χ2n) is 3.82. The third-order valence-electron chi connectivity index (χ3n) is 1.95. The van der Waals surface area contributed by atoms with E-state index in [9.17, 15) is 13.2 Å². The van der Waals surface area contributed by atoms with Gasteiger partial charge in [0.05, 0.1) is 15.6 Å². The first-order valence-corrected chi connectivity index (χ1v) is 7.14. The number of carboxylic acids is 1. The summed E-state index contributed by atoms with van der Waals surface area (Å²) in [6.45, 7) is 3.28. The Balaban J connectivity index is 3.45. The molecule has 18 heavy (non-hydrogen) atoms. The summed E-state index contributed by atoms with van der Waals surface area (Å²) in [6, 6.07) is 2.02. The van der Waals surface area contributed by atoms with E-state index in [0.29, 0.717) is 0 Å². The van der Waals surface area contributed by atoms with Crippen LogP contribution in [0.25, 0.3) is 0 Å². The number of benzene rings is 1. The fourth-order valence-electron chi connectivity index (χ4n) is 1.31. The van der Waals surface area contributed by atoms with Crippen LogP contribution in [0.5, 0.6) is 0 Å². The van der Waals surface area contributed by atoms with Gasteiger partial charge in [0.15, 0.2) is 0 Å². The zero-order valence-corrected chi connectivity index (χ0v) is 11.9. The number of nitrogens with one attached hydrogen (secondary N) is 1. The van der Waals surface area contributed by atoms with Gasteiger partial charge >= 0.3 is 5.97 Å². The number of hydrogen-bond acceptors (Lipinski definition) is 3. The van der Waals surface area contributed by atoms with E-state index in [1.807, 2.05) is 0 Å². The van der Waals surface area contributed by atoms with Gasteiger partial charge in [-0.1, -0.05) is 23.2 Å². The highest BCUT2D eigenvalue weighted by molar-refractivity contribution is 7.89. The summed E-state index contributed by atoms with van der Waals surface area (Å²) < 4.78 is 26.1. The number of carboxylic acid groups (broad SMARTS) is 1. The molecule has 0 fully saturated rings. The Bertz CT molecular complexity index is 584. The second kappa shape index (κ2) is 5.44. The van der Waals surface area contributed by atoms with Crippen molar-refractivity contribution in [1.82, 2.24) is 4.72 Å². The highest BCUT2D eigenvalue weighted by Gasteiger charge is 2.25. The van der Waals surface area contributed by atoms with E-state index >= 15 is 0 Å². The van der Waals surface area contributed by atoms with Crippen LogP contribution in [0.15, 0.2) is 17.0 Å². The Morgan fingerprint density at radius 1 is 1.33 bits per heavy atom. The number of aromatic carboxylic acids is 1. The molecular formula is C10H11Cl2NO4S. The summed E-state index contributed by atoms with van der Waals surface area (Å²) in [6.07, 6.45) is 0. The predicted octanol–water partition coefficient (Wildman–Crippen LogP) is 2.38. The maximum absolute atomic E-state index is 11.9. The smallest absolute Gasteiger partial charge is 0.338 e. The molecule has 1 aromatic rings. The number of hydrogen-bond donors (Lipinski definition) is 2. The van der Waals surface area contributed by atoms with Gasteiger partial charge in [0.2, 0.25) is 10.0 Å². The molecule has 0 amide bonds. The van der Waals surface area contributed by atoms with E-state index in [2.05, 4.69) is 4.72 Å². The highest BCUT2D eigenvalue weighted by atomic mass is 35.5. The molecule has 1 rings (SSSR count). The van der Waals surface area contributed by atoms with Crippen molar-refractivity contribution >= 4 is 39.2 Å². The topological polar surface area (TPSA) is 83.5 Å². The number of sulfonamides is 1. The Kier molecular flexibility index (Phi) is 4.61. The van der Waals surface area contributed by atoms with Crippen LogP contribution in [0, 0.1) is 0 Å². The zero-order valence-electron chi connectivity index (χ0n) is 9.57. The van der Waals surface area contributed by atoms with Crippen molar-refractivity contribution in [2.75, 3.05) is 0 Å². The van der Waals surface area contributed by atoms with Crippen LogP contribution in [0.2, 0.25) is 10.0 Å². The lowest BCUT2D eigenvalue weighted by Gasteiger charge is -2.12. The first kappa shape index (κ1) is 15.2. The van der Waals surface area contributed by atoms with E-state index in [1.165, 1.54) is 12.1 Å². The van der Waals surface area contributed by atoms with E-state index < -0.39 is 26.6 Å². The monoisotopic (exact) mass is 311 g/mol. The summed E-state index contributed by atoms with van der Waals surface area (Å²) in [4.78, 5) is 10.7. The molecule has 0 aromatic heterocycles. The predicted molar refractivity (Wildman–Crippen MR) is 68.9 cm³/mol. The van der Waals surface area contributed by atoms with Crippen LogP contribution < -0.4 is 4.72 Å². The van der Waals surface area contributed by atoms with Crippen LogP contribution in [-0.4, -0.2) is 25.5 Å². The molecule has 0 saturated carbocycles. The van der Waals surface area contributed by atoms with Gasteiger partial charge < -0.3 is 5.11 Å². The van der Waals surface area contributed by atoms with Crippen molar-refractivity contribution in [2.45, 2.75) is 24.8 Å². The largest absolute Gasteiger partial charge is 0.478 e. The molecule has 1 aromatic carbocycles. The van der Waals surface area contributed by atoms with Crippen LogP contribution in [-0.2, 0) is 10.0 Å². The van der Waals surface area contributed by atoms with Gasteiger partial charge in [0.25, 0.3) is 0 Å². The van der Waals surface area contributed by atoms with Gasteiger partial charge in [-0.2, -0.15) is 0 Å². The van der Waals surface area contributed by atoms with Crippen LogP contribution in [0.4, 0.5) is 0 Å². The van der Waals surface area contributed by atoms with Crippen molar-refractivity contribution < 1.29 is 18.3 Å². The number of carbonyl (C=O) groups is 1. The van der Waals surface area contributed by atoms with E-state index in [4.69, 9.17) is 28.3 Å². The molecule has 0 unspecified atom stereocenters. The SMILES string of the molecule is CC(C)NS(=O)(=O)c1ccc(Cl)c(C(=O)O)c1Cl. The summed E-state index contributed by atoms with van der Waals surface area (Å²) in [5.74, 6) is -1.38. The first-order valence-electron chi connectivity index (χ1n) is 4.90. The maximum atomic E-state index is 11.9. The summed E-state index contributed by atoms with van der Waals surface area (Å²) in [5, 5.41) is 8.42. The van der Waals surface area contributed by atoms with Crippen molar-refractivity contribution in [3.05, 3.63) is 27.7 Å². The van der Waals surface area contributed by atoms with Crippen LogP contribution in [0.3, 0.4) is 0 Å². The average molecular weight is 312 g/mol. The van der Waals surface area contributed by atoms with Gasteiger partial charge in [0, 0.05) is 6.04 Å². The molecule has 0 heterocycles. The first-order chi connectivity index (χ1) is 8.16. The summed E-state index contributed by atoms with van der Waals surface area (Å²) in [5.41, 5.74) is -0.426. The van der Waals surface area contributed by atoms with E-state index in [1.54, 1.807) is 13.8 Å². The molecule has 0 aliphatic heterocycles. The quantitative estimate of drug-likeness (QED) is 0.894. The Labute approximate surface area is 115 Å². The minimum atomic E-state index is -3.87. The zero-order chi connectivity index (χ0) is 14.1. The molecule has 5 nitrogen and oxygen atoms in total. The maximum Gasteiger partial charge on any atom is 0.338 e. The fourth-order valence-corrected chi connectivity index (χ4v) is 3.48. The van der Waals surface area contributed by atoms with E-state index in [-0.39, 0.29) is 16.0 Å². The van der Waals surface area contributed by atoms with Gasteiger partial charge in [-0.25, -0.2) is 17.9 Å². The lowest BCUT2D eigenvalue weighted by atomic mass is 10.2. The van der Waals surface area contributed by atoms with Crippen LogP contribution in [0.1, 0.15) is 24.2 Å². The Hall–Kier alpha value is -0.820.